The molecule has 0 radical (unpaired) electrons. The highest BCUT2D eigenvalue weighted by molar-refractivity contribution is 6.31. The summed E-state index contributed by atoms with van der Waals surface area (Å²) in [5.74, 6) is 0.575. The standard InChI is InChI=1S/C21H17Cl2N3O2/c1-12(27)26-20(11-19(25-26)13-3-5-15(22)6-4-13)17-10-14-9-16(28-2)7-8-18(14)24-21(17)23/h3-10,20H,11H2,1-2H3/t20-/m1/s1. The molecular formula is C21H17Cl2N3O2. The Labute approximate surface area is 172 Å². The molecule has 0 unspecified atom stereocenters. The van der Waals surface area contributed by atoms with Gasteiger partial charge in [0, 0.05) is 29.3 Å². The Morgan fingerprint density at radius 3 is 2.57 bits per heavy atom. The normalized spacial score (nSPS) is 16.4. The van der Waals surface area contributed by atoms with Crippen LogP contribution in [0.5, 0.6) is 5.75 Å². The van der Waals surface area contributed by atoms with Crippen LogP contribution in [0.3, 0.4) is 0 Å². The van der Waals surface area contributed by atoms with E-state index in [1.807, 2.05) is 48.5 Å². The number of benzene rings is 2. The van der Waals surface area contributed by atoms with E-state index in [4.69, 9.17) is 27.9 Å². The lowest BCUT2D eigenvalue weighted by atomic mass is 9.98. The lowest BCUT2D eigenvalue weighted by Gasteiger charge is -2.21. The maximum Gasteiger partial charge on any atom is 0.240 e. The molecule has 1 aromatic heterocycles. The molecule has 1 atom stereocenters. The van der Waals surface area contributed by atoms with Crippen molar-refractivity contribution in [3.05, 3.63) is 69.8 Å². The van der Waals surface area contributed by atoms with E-state index in [1.54, 1.807) is 7.11 Å². The third-order valence-electron chi connectivity index (χ3n) is 4.77. The maximum atomic E-state index is 12.3. The number of nitrogens with zero attached hydrogens (tertiary/aromatic N) is 3. The molecule has 1 amide bonds. The van der Waals surface area contributed by atoms with Gasteiger partial charge in [0.15, 0.2) is 0 Å². The van der Waals surface area contributed by atoms with Gasteiger partial charge in [-0.1, -0.05) is 35.3 Å². The summed E-state index contributed by atoms with van der Waals surface area (Å²) in [5.41, 5.74) is 3.24. The number of methoxy groups -OCH3 is 1. The number of rotatable bonds is 3. The Morgan fingerprint density at radius 2 is 1.89 bits per heavy atom. The minimum absolute atomic E-state index is 0.157. The van der Waals surface area contributed by atoms with Gasteiger partial charge < -0.3 is 4.74 Å². The van der Waals surface area contributed by atoms with E-state index in [0.29, 0.717) is 16.6 Å². The molecule has 142 valence electrons. The van der Waals surface area contributed by atoms with E-state index in [-0.39, 0.29) is 11.9 Å². The van der Waals surface area contributed by atoms with Crippen molar-refractivity contribution in [1.82, 2.24) is 9.99 Å². The zero-order valence-corrected chi connectivity index (χ0v) is 16.8. The zero-order valence-electron chi connectivity index (χ0n) is 15.3. The van der Waals surface area contributed by atoms with Gasteiger partial charge in [0.2, 0.25) is 5.91 Å². The molecule has 2 aromatic carbocycles. The summed E-state index contributed by atoms with van der Waals surface area (Å²) in [6.07, 6.45) is 0.540. The summed E-state index contributed by atoms with van der Waals surface area (Å²) in [6, 6.07) is 14.6. The molecule has 0 saturated carbocycles. The Balaban J connectivity index is 1.76. The minimum Gasteiger partial charge on any atom is -0.497 e. The Hall–Kier alpha value is -2.63. The van der Waals surface area contributed by atoms with Gasteiger partial charge in [0.25, 0.3) is 0 Å². The van der Waals surface area contributed by atoms with Crippen LogP contribution in [0.2, 0.25) is 10.2 Å². The van der Waals surface area contributed by atoms with Crippen molar-refractivity contribution < 1.29 is 9.53 Å². The minimum atomic E-state index is -0.321. The van der Waals surface area contributed by atoms with Crippen LogP contribution in [0, 0.1) is 0 Å². The molecule has 0 saturated heterocycles. The Morgan fingerprint density at radius 1 is 1.14 bits per heavy atom. The molecule has 0 fully saturated rings. The van der Waals surface area contributed by atoms with Crippen molar-refractivity contribution >= 4 is 45.7 Å². The second-order valence-electron chi connectivity index (χ2n) is 6.56. The zero-order chi connectivity index (χ0) is 19.8. The van der Waals surface area contributed by atoms with Crippen LogP contribution in [0.4, 0.5) is 0 Å². The van der Waals surface area contributed by atoms with Crippen LogP contribution in [0.1, 0.15) is 30.5 Å². The Bertz CT molecular complexity index is 1100. The molecule has 4 rings (SSSR count). The molecule has 0 spiro atoms. The van der Waals surface area contributed by atoms with Crippen molar-refractivity contribution in [2.45, 2.75) is 19.4 Å². The van der Waals surface area contributed by atoms with E-state index in [2.05, 4.69) is 10.1 Å². The molecule has 0 bridgehead atoms. The first-order valence-electron chi connectivity index (χ1n) is 8.73. The predicted octanol–water partition coefficient (Wildman–Crippen LogP) is 5.25. The molecule has 1 aliphatic rings. The van der Waals surface area contributed by atoms with E-state index < -0.39 is 0 Å². The quantitative estimate of drug-likeness (QED) is 0.551. The molecule has 3 aromatic rings. The maximum absolute atomic E-state index is 12.3. The third kappa shape index (κ3) is 3.43. The van der Waals surface area contributed by atoms with Crippen LogP contribution in [-0.4, -0.2) is 28.7 Å². The number of pyridine rings is 1. The highest BCUT2D eigenvalue weighted by atomic mass is 35.5. The highest BCUT2D eigenvalue weighted by Crippen LogP contribution is 2.37. The fourth-order valence-corrected chi connectivity index (χ4v) is 3.77. The number of ether oxygens (including phenoxy) is 1. The molecular weight excluding hydrogens is 397 g/mol. The number of hydrogen-bond acceptors (Lipinski definition) is 4. The first kappa shape index (κ1) is 18.7. The summed E-state index contributed by atoms with van der Waals surface area (Å²) >= 11 is 12.5. The fourth-order valence-electron chi connectivity index (χ4n) is 3.37. The molecule has 28 heavy (non-hydrogen) atoms. The summed E-state index contributed by atoms with van der Waals surface area (Å²) in [6.45, 7) is 1.49. The molecule has 2 heterocycles. The number of fused-ring (bicyclic) bond motifs is 1. The van der Waals surface area contributed by atoms with Gasteiger partial charge >= 0.3 is 0 Å². The third-order valence-corrected chi connectivity index (χ3v) is 5.33. The van der Waals surface area contributed by atoms with Crippen molar-refractivity contribution in [2.75, 3.05) is 7.11 Å². The van der Waals surface area contributed by atoms with E-state index in [0.717, 1.165) is 33.5 Å². The van der Waals surface area contributed by atoms with Crippen molar-refractivity contribution in [1.29, 1.82) is 0 Å². The second kappa shape index (κ2) is 7.41. The number of carbonyl (C=O) groups is 1. The number of carbonyl (C=O) groups excluding carboxylic acids is 1. The first-order chi connectivity index (χ1) is 13.5. The smallest absolute Gasteiger partial charge is 0.240 e. The monoisotopic (exact) mass is 413 g/mol. The predicted molar refractivity (Wildman–Crippen MR) is 111 cm³/mol. The molecule has 1 aliphatic heterocycles. The van der Waals surface area contributed by atoms with E-state index in [1.165, 1.54) is 11.9 Å². The van der Waals surface area contributed by atoms with Crippen LogP contribution in [0.25, 0.3) is 10.9 Å². The van der Waals surface area contributed by atoms with Crippen LogP contribution in [-0.2, 0) is 4.79 Å². The van der Waals surface area contributed by atoms with Crippen molar-refractivity contribution in [2.24, 2.45) is 5.10 Å². The van der Waals surface area contributed by atoms with Gasteiger partial charge in [-0.05, 0) is 42.0 Å². The van der Waals surface area contributed by atoms with Crippen LogP contribution >= 0.6 is 23.2 Å². The number of halogens is 2. The van der Waals surface area contributed by atoms with Crippen molar-refractivity contribution in [3.63, 3.8) is 0 Å². The van der Waals surface area contributed by atoms with Gasteiger partial charge in [-0.3, -0.25) is 4.79 Å². The summed E-state index contributed by atoms with van der Waals surface area (Å²) < 4.78 is 5.30. The highest BCUT2D eigenvalue weighted by Gasteiger charge is 2.33. The number of aromatic nitrogens is 1. The largest absolute Gasteiger partial charge is 0.497 e. The van der Waals surface area contributed by atoms with Gasteiger partial charge in [-0.25, -0.2) is 9.99 Å². The molecule has 5 nitrogen and oxygen atoms in total. The lowest BCUT2D eigenvalue weighted by molar-refractivity contribution is -0.130. The summed E-state index contributed by atoms with van der Waals surface area (Å²) in [5, 5.41) is 7.92. The number of hydrogen-bond donors (Lipinski definition) is 0. The SMILES string of the molecule is COc1ccc2nc(Cl)c([C@H]3CC(c4ccc(Cl)cc4)=NN3C(C)=O)cc2c1. The van der Waals surface area contributed by atoms with Gasteiger partial charge in [0.1, 0.15) is 10.9 Å². The topological polar surface area (TPSA) is 54.8 Å². The number of hydrazone groups is 1. The van der Waals surface area contributed by atoms with Gasteiger partial charge in [0.05, 0.1) is 24.4 Å². The number of amides is 1. The fraction of sp³-hybridized carbons (Fsp3) is 0.190. The van der Waals surface area contributed by atoms with E-state index >= 15 is 0 Å². The Kier molecular flexibility index (Phi) is 4.96. The molecule has 0 aliphatic carbocycles. The molecule has 0 N–H and O–H groups in total. The first-order valence-corrected chi connectivity index (χ1v) is 9.49. The molecule has 7 heteroatoms. The summed E-state index contributed by atoms with van der Waals surface area (Å²) in [4.78, 5) is 16.8. The van der Waals surface area contributed by atoms with E-state index in [9.17, 15) is 4.79 Å². The lowest BCUT2D eigenvalue weighted by Crippen LogP contribution is -2.24. The van der Waals surface area contributed by atoms with Gasteiger partial charge in [-0.15, -0.1) is 0 Å². The van der Waals surface area contributed by atoms with Gasteiger partial charge in [-0.2, -0.15) is 5.10 Å². The van der Waals surface area contributed by atoms with Crippen LogP contribution in [0.15, 0.2) is 53.6 Å². The average Bonchev–Trinajstić information content (AvgIpc) is 3.13. The van der Waals surface area contributed by atoms with Crippen molar-refractivity contribution in [3.8, 4) is 5.75 Å². The second-order valence-corrected chi connectivity index (χ2v) is 7.36. The summed E-state index contributed by atoms with van der Waals surface area (Å²) in [7, 11) is 1.62. The average molecular weight is 414 g/mol. The van der Waals surface area contributed by atoms with Crippen LogP contribution < -0.4 is 4.74 Å².